The Kier molecular flexibility index (Phi) is 4.47. The number of aromatic nitrogens is 1. The van der Waals surface area contributed by atoms with Crippen LogP contribution in [0.15, 0.2) is 63.2 Å². The van der Waals surface area contributed by atoms with Gasteiger partial charge in [0.05, 0.1) is 10.4 Å². The third-order valence-corrected chi connectivity index (χ3v) is 5.86. The second-order valence-electron chi connectivity index (χ2n) is 5.99. The van der Waals surface area contributed by atoms with Crippen LogP contribution >= 0.6 is 0 Å². The molecule has 0 unspecified atom stereocenters. The fourth-order valence-corrected chi connectivity index (χ4v) is 4.17. The van der Waals surface area contributed by atoms with Crippen LogP contribution in [0.1, 0.15) is 18.9 Å². The van der Waals surface area contributed by atoms with Crippen molar-refractivity contribution in [2.45, 2.75) is 36.6 Å². The average Bonchev–Trinajstić information content (AvgIpc) is 2.58. The average molecular weight is 359 g/mol. The lowest BCUT2D eigenvalue weighted by Gasteiger charge is -2.13. The minimum absolute atomic E-state index is 0.0500. The number of nitrogens with zero attached hydrogens (tertiary/aromatic N) is 1. The van der Waals surface area contributed by atoms with E-state index in [1.54, 1.807) is 16.7 Å². The van der Waals surface area contributed by atoms with Gasteiger partial charge in [-0.25, -0.2) is 12.8 Å². The molecule has 6 heteroatoms. The molecule has 0 saturated heterocycles. The van der Waals surface area contributed by atoms with E-state index in [0.29, 0.717) is 12.1 Å². The molecule has 1 aromatic heterocycles. The van der Waals surface area contributed by atoms with Gasteiger partial charge in [0, 0.05) is 18.1 Å². The van der Waals surface area contributed by atoms with E-state index in [1.165, 1.54) is 30.5 Å². The van der Waals surface area contributed by atoms with Crippen molar-refractivity contribution in [3.05, 3.63) is 70.3 Å². The summed E-state index contributed by atoms with van der Waals surface area (Å²) in [5, 5.41) is 0.0710. The molecule has 0 radical (unpaired) electrons. The first-order chi connectivity index (χ1) is 11.8. The van der Waals surface area contributed by atoms with E-state index in [1.807, 2.05) is 13.8 Å². The third-order valence-electron chi connectivity index (χ3n) is 4.09. The summed E-state index contributed by atoms with van der Waals surface area (Å²) in [5.74, 6) is -0.572. The molecule has 2 aromatic carbocycles. The van der Waals surface area contributed by atoms with Crippen LogP contribution in [0.5, 0.6) is 0 Å². The Morgan fingerprint density at radius 1 is 1.08 bits per heavy atom. The van der Waals surface area contributed by atoms with Gasteiger partial charge in [-0.3, -0.25) is 4.79 Å². The summed E-state index contributed by atoms with van der Waals surface area (Å²) in [6.07, 6.45) is 2.11. The zero-order chi connectivity index (χ0) is 18.2. The van der Waals surface area contributed by atoms with E-state index in [-0.39, 0.29) is 15.2 Å². The molecule has 3 aromatic rings. The highest BCUT2D eigenvalue weighted by atomic mass is 32.2. The van der Waals surface area contributed by atoms with E-state index in [9.17, 15) is 17.6 Å². The predicted octanol–water partition coefficient (Wildman–Crippen LogP) is 3.69. The lowest BCUT2D eigenvalue weighted by atomic mass is 10.2. The number of halogens is 1. The second kappa shape index (κ2) is 6.44. The molecule has 0 fully saturated rings. The van der Waals surface area contributed by atoms with Crippen molar-refractivity contribution in [2.75, 3.05) is 0 Å². The van der Waals surface area contributed by atoms with Gasteiger partial charge in [-0.05, 0) is 43.7 Å². The SMILES string of the molecule is CCCn1cc(S(=O)(=O)c2ccc(C)cc2)c(=O)c2cc(F)ccc21. The standard InChI is InChI=1S/C19H18FNO3S/c1-3-10-21-12-18(19(22)16-11-14(20)6-9-17(16)21)25(23,24)15-7-4-13(2)5-8-15/h4-9,11-12H,3,10H2,1-2H3. The predicted molar refractivity (Wildman–Crippen MR) is 95.1 cm³/mol. The number of hydrogen-bond acceptors (Lipinski definition) is 3. The summed E-state index contributed by atoms with van der Waals surface area (Å²) in [6.45, 7) is 4.32. The van der Waals surface area contributed by atoms with Gasteiger partial charge in [0.1, 0.15) is 10.7 Å². The third kappa shape index (κ3) is 3.09. The van der Waals surface area contributed by atoms with Gasteiger partial charge in [-0.2, -0.15) is 0 Å². The summed E-state index contributed by atoms with van der Waals surface area (Å²) < 4.78 is 41.2. The van der Waals surface area contributed by atoms with E-state index in [0.717, 1.165) is 18.1 Å². The highest BCUT2D eigenvalue weighted by Crippen LogP contribution is 2.22. The highest BCUT2D eigenvalue weighted by Gasteiger charge is 2.23. The smallest absolute Gasteiger partial charge is 0.211 e. The van der Waals surface area contributed by atoms with Crippen LogP contribution in [0.2, 0.25) is 0 Å². The maximum Gasteiger partial charge on any atom is 0.211 e. The van der Waals surface area contributed by atoms with Gasteiger partial charge in [0.2, 0.25) is 15.3 Å². The molecule has 0 saturated carbocycles. The van der Waals surface area contributed by atoms with Gasteiger partial charge in [-0.1, -0.05) is 24.6 Å². The van der Waals surface area contributed by atoms with E-state index in [2.05, 4.69) is 0 Å². The maximum atomic E-state index is 13.6. The zero-order valence-electron chi connectivity index (χ0n) is 14.0. The minimum Gasteiger partial charge on any atom is -0.346 e. The molecule has 0 bridgehead atoms. The Morgan fingerprint density at radius 2 is 1.76 bits per heavy atom. The molecule has 0 aliphatic rings. The Balaban J connectivity index is 2.34. The Labute approximate surface area is 145 Å². The number of rotatable bonds is 4. The molecular formula is C19H18FNO3S. The van der Waals surface area contributed by atoms with Crippen LogP contribution in [0.3, 0.4) is 0 Å². The Bertz CT molecular complexity index is 1100. The molecule has 0 amide bonds. The number of benzene rings is 2. The zero-order valence-corrected chi connectivity index (χ0v) is 14.8. The topological polar surface area (TPSA) is 56.1 Å². The van der Waals surface area contributed by atoms with Crippen molar-refractivity contribution in [3.8, 4) is 0 Å². The van der Waals surface area contributed by atoms with Gasteiger partial charge in [0.15, 0.2) is 0 Å². The second-order valence-corrected chi connectivity index (χ2v) is 7.91. The number of aryl methyl sites for hydroxylation is 2. The fourth-order valence-electron chi connectivity index (χ4n) is 2.80. The molecule has 0 aliphatic carbocycles. The van der Waals surface area contributed by atoms with Crippen LogP contribution in [0.4, 0.5) is 4.39 Å². The Hall–Kier alpha value is -2.47. The Morgan fingerprint density at radius 3 is 2.40 bits per heavy atom. The van der Waals surface area contributed by atoms with Crippen molar-refractivity contribution in [2.24, 2.45) is 0 Å². The van der Waals surface area contributed by atoms with Crippen molar-refractivity contribution in [1.29, 1.82) is 0 Å². The quantitative estimate of drug-likeness (QED) is 0.714. The van der Waals surface area contributed by atoms with Crippen LogP contribution < -0.4 is 5.43 Å². The van der Waals surface area contributed by atoms with Gasteiger partial charge in [0.25, 0.3) is 0 Å². The van der Waals surface area contributed by atoms with Gasteiger partial charge < -0.3 is 4.57 Å². The normalized spacial score (nSPS) is 11.8. The number of fused-ring (bicyclic) bond motifs is 1. The van der Waals surface area contributed by atoms with E-state index >= 15 is 0 Å². The molecule has 0 spiro atoms. The lowest BCUT2D eigenvalue weighted by molar-refractivity contribution is 0.592. The summed E-state index contributed by atoms with van der Waals surface area (Å²) in [5.41, 5.74) is 0.765. The molecular weight excluding hydrogens is 341 g/mol. The van der Waals surface area contributed by atoms with Crippen LogP contribution in [0.25, 0.3) is 10.9 Å². The van der Waals surface area contributed by atoms with Crippen molar-refractivity contribution in [3.63, 3.8) is 0 Å². The highest BCUT2D eigenvalue weighted by molar-refractivity contribution is 7.91. The first kappa shape index (κ1) is 17.4. The monoisotopic (exact) mass is 359 g/mol. The summed E-state index contributed by atoms with van der Waals surface area (Å²) in [4.78, 5) is 12.5. The van der Waals surface area contributed by atoms with Crippen LogP contribution in [-0.4, -0.2) is 13.0 Å². The number of hydrogen-bond donors (Lipinski definition) is 0. The first-order valence-electron chi connectivity index (χ1n) is 7.99. The molecule has 0 aliphatic heterocycles. The van der Waals surface area contributed by atoms with Crippen molar-refractivity contribution < 1.29 is 12.8 Å². The summed E-state index contributed by atoms with van der Waals surface area (Å²) in [7, 11) is -3.99. The van der Waals surface area contributed by atoms with E-state index in [4.69, 9.17) is 0 Å². The minimum atomic E-state index is -3.99. The number of sulfone groups is 1. The lowest BCUT2D eigenvalue weighted by Crippen LogP contribution is -2.19. The van der Waals surface area contributed by atoms with E-state index < -0.39 is 21.1 Å². The molecule has 130 valence electrons. The number of pyridine rings is 1. The molecule has 0 N–H and O–H groups in total. The maximum absolute atomic E-state index is 13.6. The van der Waals surface area contributed by atoms with Crippen LogP contribution in [-0.2, 0) is 16.4 Å². The van der Waals surface area contributed by atoms with Gasteiger partial charge in [-0.15, -0.1) is 0 Å². The summed E-state index contributed by atoms with van der Waals surface area (Å²) >= 11 is 0. The molecule has 0 atom stereocenters. The molecule has 1 heterocycles. The fraction of sp³-hybridized carbons (Fsp3) is 0.211. The first-order valence-corrected chi connectivity index (χ1v) is 9.47. The van der Waals surface area contributed by atoms with Crippen LogP contribution in [0, 0.1) is 12.7 Å². The van der Waals surface area contributed by atoms with Gasteiger partial charge >= 0.3 is 0 Å². The molecule has 4 nitrogen and oxygen atoms in total. The largest absolute Gasteiger partial charge is 0.346 e. The molecule has 25 heavy (non-hydrogen) atoms. The summed E-state index contributed by atoms with van der Waals surface area (Å²) in [6, 6.07) is 10.2. The van der Waals surface area contributed by atoms with Crippen molar-refractivity contribution in [1.82, 2.24) is 4.57 Å². The molecule has 3 rings (SSSR count). The van der Waals surface area contributed by atoms with Crippen molar-refractivity contribution >= 4 is 20.7 Å².